The molecule has 1 fully saturated rings. The number of ether oxygens (including phenoxy) is 1. The van der Waals surface area contributed by atoms with Crippen molar-refractivity contribution in [1.82, 2.24) is 4.98 Å². The predicted octanol–water partition coefficient (Wildman–Crippen LogP) is 5.19. The van der Waals surface area contributed by atoms with E-state index in [2.05, 4.69) is 24.0 Å². The minimum Gasteiger partial charge on any atom is -0.487 e. The lowest BCUT2D eigenvalue weighted by Crippen LogP contribution is -2.33. The molecular formula is C22H23FN2O. The molecule has 134 valence electrons. The number of aromatic nitrogens is 1. The molecule has 0 unspecified atom stereocenters. The third kappa shape index (κ3) is 3.64. The lowest BCUT2D eigenvalue weighted by Gasteiger charge is -2.31. The van der Waals surface area contributed by atoms with Gasteiger partial charge < -0.3 is 9.64 Å². The van der Waals surface area contributed by atoms with Gasteiger partial charge in [-0.15, -0.1) is 0 Å². The second-order valence-corrected chi connectivity index (χ2v) is 7.09. The smallest absolute Gasteiger partial charge is 0.146 e. The van der Waals surface area contributed by atoms with Crippen LogP contribution < -0.4 is 9.64 Å². The van der Waals surface area contributed by atoms with Gasteiger partial charge in [0.05, 0.1) is 0 Å². The Morgan fingerprint density at radius 2 is 1.88 bits per heavy atom. The maximum Gasteiger partial charge on any atom is 0.146 e. The Morgan fingerprint density at radius 3 is 2.69 bits per heavy atom. The molecule has 4 rings (SSSR count). The number of hydrogen-bond acceptors (Lipinski definition) is 3. The van der Waals surface area contributed by atoms with Crippen molar-refractivity contribution in [1.29, 1.82) is 0 Å². The van der Waals surface area contributed by atoms with Crippen molar-refractivity contribution in [3.8, 4) is 5.75 Å². The van der Waals surface area contributed by atoms with Crippen molar-refractivity contribution in [3.05, 3.63) is 66.0 Å². The summed E-state index contributed by atoms with van der Waals surface area (Å²) in [4.78, 5) is 7.23. The minimum atomic E-state index is -0.247. The summed E-state index contributed by atoms with van der Waals surface area (Å²) in [5.41, 5.74) is 1.67. The molecule has 0 bridgehead atoms. The van der Waals surface area contributed by atoms with Crippen molar-refractivity contribution in [2.24, 2.45) is 5.92 Å². The summed E-state index contributed by atoms with van der Waals surface area (Å²) >= 11 is 0. The fourth-order valence-electron chi connectivity index (χ4n) is 3.43. The normalized spacial score (nSPS) is 15.4. The molecule has 0 saturated carbocycles. The van der Waals surface area contributed by atoms with E-state index in [9.17, 15) is 4.39 Å². The van der Waals surface area contributed by atoms with Crippen LogP contribution in [0.25, 0.3) is 10.9 Å². The summed E-state index contributed by atoms with van der Waals surface area (Å²) in [7, 11) is 0. The molecule has 0 spiro atoms. The average molecular weight is 350 g/mol. The largest absolute Gasteiger partial charge is 0.487 e. The fourth-order valence-corrected chi connectivity index (χ4v) is 3.43. The van der Waals surface area contributed by atoms with Gasteiger partial charge >= 0.3 is 0 Å². The van der Waals surface area contributed by atoms with Crippen molar-refractivity contribution >= 4 is 16.7 Å². The third-order valence-corrected chi connectivity index (χ3v) is 5.06. The van der Waals surface area contributed by atoms with Gasteiger partial charge in [-0.3, -0.25) is 0 Å². The van der Waals surface area contributed by atoms with E-state index in [-0.39, 0.29) is 5.82 Å². The van der Waals surface area contributed by atoms with Crippen LogP contribution in [0.3, 0.4) is 0 Å². The van der Waals surface area contributed by atoms with Crippen molar-refractivity contribution in [2.75, 3.05) is 18.0 Å². The van der Waals surface area contributed by atoms with Gasteiger partial charge in [0.15, 0.2) is 0 Å². The van der Waals surface area contributed by atoms with Crippen LogP contribution in [0.15, 0.2) is 54.6 Å². The monoisotopic (exact) mass is 350 g/mol. The van der Waals surface area contributed by atoms with E-state index in [1.807, 2.05) is 24.3 Å². The first kappa shape index (κ1) is 16.8. The maximum atomic E-state index is 13.4. The number of rotatable bonds is 4. The summed E-state index contributed by atoms with van der Waals surface area (Å²) < 4.78 is 19.3. The lowest BCUT2D eigenvalue weighted by atomic mass is 9.99. The topological polar surface area (TPSA) is 25.4 Å². The van der Waals surface area contributed by atoms with Crippen LogP contribution >= 0.6 is 0 Å². The van der Waals surface area contributed by atoms with Gasteiger partial charge in [-0.2, -0.15) is 0 Å². The number of pyridine rings is 1. The van der Waals surface area contributed by atoms with Gasteiger partial charge in [0.25, 0.3) is 0 Å². The van der Waals surface area contributed by atoms with E-state index < -0.39 is 0 Å². The van der Waals surface area contributed by atoms with Gasteiger partial charge in [0, 0.05) is 18.5 Å². The van der Waals surface area contributed by atoms with Gasteiger partial charge in [0.2, 0.25) is 0 Å². The molecule has 0 radical (unpaired) electrons. The highest BCUT2D eigenvalue weighted by Crippen LogP contribution is 2.29. The first-order chi connectivity index (χ1) is 12.7. The number of para-hydroxylation sites is 1. The molecule has 3 nitrogen and oxygen atoms in total. The molecule has 1 aromatic heterocycles. The first-order valence-electron chi connectivity index (χ1n) is 9.21. The number of anilines is 1. The van der Waals surface area contributed by atoms with Crippen LogP contribution in [0.4, 0.5) is 10.2 Å². The zero-order valence-electron chi connectivity index (χ0n) is 15.0. The van der Waals surface area contributed by atoms with E-state index in [0.29, 0.717) is 6.61 Å². The number of piperidine rings is 1. The highest BCUT2D eigenvalue weighted by atomic mass is 19.1. The molecule has 26 heavy (non-hydrogen) atoms. The second kappa shape index (κ2) is 7.32. The average Bonchev–Trinajstić information content (AvgIpc) is 2.66. The molecular weight excluding hydrogens is 327 g/mol. The Hall–Kier alpha value is -2.62. The lowest BCUT2D eigenvalue weighted by molar-refractivity contribution is 0.308. The quantitative estimate of drug-likeness (QED) is 0.647. The number of hydrogen-bond donors (Lipinski definition) is 0. The van der Waals surface area contributed by atoms with Crippen LogP contribution in [0.5, 0.6) is 5.75 Å². The molecule has 2 aromatic carbocycles. The Balaban J connectivity index is 1.59. The summed E-state index contributed by atoms with van der Waals surface area (Å²) in [6.45, 7) is 4.73. The number of halogens is 1. The van der Waals surface area contributed by atoms with Crippen LogP contribution in [0.2, 0.25) is 0 Å². The van der Waals surface area contributed by atoms with E-state index in [4.69, 9.17) is 9.72 Å². The highest BCUT2D eigenvalue weighted by Gasteiger charge is 2.17. The van der Waals surface area contributed by atoms with Gasteiger partial charge in [-0.05, 0) is 54.7 Å². The minimum absolute atomic E-state index is 0.247. The standard InChI is InChI=1S/C22H23FN2O/c1-16-10-12-25(13-11-16)21-9-8-18-5-3-7-20(22(18)24-21)26-15-17-4-2-6-19(23)14-17/h2-9,14,16H,10-13,15H2,1H3. The van der Waals surface area contributed by atoms with Crippen molar-refractivity contribution in [3.63, 3.8) is 0 Å². The molecule has 2 heterocycles. The van der Waals surface area contributed by atoms with Crippen LogP contribution in [0, 0.1) is 11.7 Å². The molecule has 0 N–H and O–H groups in total. The van der Waals surface area contributed by atoms with Gasteiger partial charge in [-0.1, -0.05) is 31.2 Å². The Bertz CT molecular complexity index is 904. The first-order valence-corrected chi connectivity index (χ1v) is 9.21. The maximum absolute atomic E-state index is 13.4. The van der Waals surface area contributed by atoms with E-state index >= 15 is 0 Å². The molecule has 0 amide bonds. The van der Waals surface area contributed by atoms with Crippen molar-refractivity contribution < 1.29 is 9.13 Å². The molecule has 1 aliphatic rings. The SMILES string of the molecule is CC1CCN(c2ccc3cccc(OCc4cccc(F)c4)c3n2)CC1. The highest BCUT2D eigenvalue weighted by molar-refractivity contribution is 5.86. The summed E-state index contributed by atoms with van der Waals surface area (Å²) in [6, 6.07) is 16.6. The zero-order chi connectivity index (χ0) is 17.9. The van der Waals surface area contributed by atoms with Gasteiger partial charge in [-0.25, -0.2) is 9.37 Å². The molecule has 3 aromatic rings. The Kier molecular flexibility index (Phi) is 4.74. The summed E-state index contributed by atoms with van der Waals surface area (Å²) in [5.74, 6) is 2.28. The molecule has 1 saturated heterocycles. The van der Waals surface area contributed by atoms with E-state index in [1.54, 1.807) is 6.07 Å². The summed E-state index contributed by atoms with van der Waals surface area (Å²) in [5, 5.41) is 1.05. The third-order valence-electron chi connectivity index (χ3n) is 5.06. The summed E-state index contributed by atoms with van der Waals surface area (Å²) in [6.07, 6.45) is 2.41. The number of benzene rings is 2. The predicted molar refractivity (Wildman–Crippen MR) is 103 cm³/mol. The Morgan fingerprint density at radius 1 is 1.08 bits per heavy atom. The zero-order valence-corrected chi connectivity index (χ0v) is 15.0. The van der Waals surface area contributed by atoms with Crippen LogP contribution in [0.1, 0.15) is 25.3 Å². The van der Waals surface area contributed by atoms with Crippen LogP contribution in [-0.2, 0) is 6.61 Å². The fraction of sp³-hybridized carbons (Fsp3) is 0.318. The Labute approximate surface area is 153 Å². The molecule has 4 heteroatoms. The van der Waals surface area contributed by atoms with Gasteiger partial charge in [0.1, 0.15) is 29.5 Å². The van der Waals surface area contributed by atoms with E-state index in [0.717, 1.165) is 47.0 Å². The van der Waals surface area contributed by atoms with Crippen molar-refractivity contribution in [2.45, 2.75) is 26.4 Å². The molecule has 0 atom stereocenters. The second-order valence-electron chi connectivity index (χ2n) is 7.09. The molecule has 0 aliphatic carbocycles. The van der Waals surface area contributed by atoms with Crippen LogP contribution in [-0.4, -0.2) is 18.1 Å². The molecule has 1 aliphatic heterocycles. The number of nitrogens with zero attached hydrogens (tertiary/aromatic N) is 2. The van der Waals surface area contributed by atoms with E-state index in [1.165, 1.54) is 25.0 Å². The number of fused-ring (bicyclic) bond motifs is 1.